The van der Waals surface area contributed by atoms with Crippen LogP contribution in [0.25, 0.3) is 5.57 Å². The second-order valence-corrected chi connectivity index (χ2v) is 10.5. The highest BCUT2D eigenvalue weighted by Gasteiger charge is 2.34. The van der Waals surface area contributed by atoms with Crippen LogP contribution in [-0.2, 0) is 6.18 Å². The molecule has 2 aliphatic heterocycles. The zero-order valence-corrected chi connectivity index (χ0v) is 19.1. The van der Waals surface area contributed by atoms with E-state index in [0.717, 1.165) is 90.7 Å². The highest BCUT2D eigenvalue weighted by molar-refractivity contribution is 7.99. The number of alkyl halides is 3. The molecule has 0 amide bonds. The maximum Gasteiger partial charge on any atom is 0.416 e. The quantitative estimate of drug-likeness (QED) is 0.413. The van der Waals surface area contributed by atoms with Crippen LogP contribution < -0.4 is 0 Å². The number of aliphatic hydroxyl groups excluding tert-OH is 1. The van der Waals surface area contributed by atoms with Gasteiger partial charge in [0.2, 0.25) is 0 Å². The van der Waals surface area contributed by atoms with Crippen LogP contribution in [0, 0.1) is 11.7 Å². The Morgan fingerprint density at radius 1 is 0.970 bits per heavy atom. The van der Waals surface area contributed by atoms with Crippen molar-refractivity contribution in [3.8, 4) is 0 Å². The van der Waals surface area contributed by atoms with E-state index in [1.54, 1.807) is 6.07 Å². The van der Waals surface area contributed by atoms with Gasteiger partial charge in [0.05, 0.1) is 11.7 Å². The molecule has 176 valence electrons. The number of fused-ring (bicyclic) bond motifs is 2. The minimum absolute atomic E-state index is 0.192. The van der Waals surface area contributed by atoms with Gasteiger partial charge in [0.25, 0.3) is 0 Å². The number of hydrogen-bond acceptors (Lipinski definition) is 3. The first-order valence-corrected chi connectivity index (χ1v) is 12.4. The first-order chi connectivity index (χ1) is 15.8. The molecule has 0 spiro atoms. The average molecular weight is 478 g/mol. The lowest BCUT2D eigenvalue weighted by molar-refractivity contribution is -0.137. The lowest BCUT2D eigenvalue weighted by atomic mass is 9.85. The normalized spacial score (nSPS) is 23.9. The maximum atomic E-state index is 14.0. The summed E-state index contributed by atoms with van der Waals surface area (Å²) in [4.78, 5) is 3.91. The highest BCUT2D eigenvalue weighted by Crippen LogP contribution is 2.49. The molecule has 3 aliphatic rings. The number of aliphatic hydroxyl groups is 1. The van der Waals surface area contributed by atoms with Gasteiger partial charge in [-0.2, -0.15) is 13.2 Å². The summed E-state index contributed by atoms with van der Waals surface area (Å²) < 4.78 is 54.4. The van der Waals surface area contributed by atoms with E-state index in [2.05, 4.69) is 4.90 Å². The van der Waals surface area contributed by atoms with Crippen LogP contribution in [0.15, 0.2) is 51.8 Å². The van der Waals surface area contributed by atoms with Crippen LogP contribution in [0.1, 0.15) is 55.2 Å². The van der Waals surface area contributed by atoms with Crippen LogP contribution in [0.4, 0.5) is 17.6 Å². The molecule has 2 aromatic rings. The summed E-state index contributed by atoms with van der Waals surface area (Å²) in [5.74, 6) is 0.165. The molecule has 7 heteroatoms. The maximum absolute atomic E-state index is 14.0. The number of halogens is 4. The SMILES string of the molecule is O[C@H]1CCC[C@H](CN2CCC(=C3c4ccc(F)cc4Sc4ccc(C(F)(F)F)cc43)CC2)C1. The molecule has 1 aliphatic carbocycles. The first-order valence-electron chi connectivity index (χ1n) is 11.6. The molecule has 1 saturated carbocycles. The van der Waals surface area contributed by atoms with Gasteiger partial charge in [-0.05, 0) is 85.1 Å². The Bertz CT molecular complexity index is 1070. The molecule has 1 saturated heterocycles. The van der Waals surface area contributed by atoms with Gasteiger partial charge in [0.1, 0.15) is 5.82 Å². The van der Waals surface area contributed by atoms with Crippen molar-refractivity contribution >= 4 is 17.3 Å². The molecular formula is C26H27F4NOS. The molecule has 2 atom stereocenters. The molecule has 0 radical (unpaired) electrons. The van der Waals surface area contributed by atoms with Crippen molar-refractivity contribution in [2.24, 2.45) is 5.92 Å². The van der Waals surface area contributed by atoms with Crippen molar-refractivity contribution in [2.45, 2.75) is 60.6 Å². The number of rotatable bonds is 2. The summed E-state index contributed by atoms with van der Waals surface area (Å²) in [5, 5.41) is 9.97. The topological polar surface area (TPSA) is 23.5 Å². The van der Waals surface area contributed by atoms with Gasteiger partial charge >= 0.3 is 6.18 Å². The summed E-state index contributed by atoms with van der Waals surface area (Å²) in [6.45, 7) is 2.67. The third-order valence-electron chi connectivity index (χ3n) is 7.09. The molecular weight excluding hydrogens is 450 g/mol. The fourth-order valence-electron chi connectivity index (χ4n) is 5.47. The average Bonchev–Trinajstić information content (AvgIpc) is 2.77. The van der Waals surface area contributed by atoms with Gasteiger partial charge in [-0.25, -0.2) is 4.39 Å². The standard InChI is InChI=1S/C26H27F4NOS/c27-19-5-6-21-24(14-19)33-23-7-4-18(26(28,29)30)13-22(23)25(21)17-8-10-31(11-9-17)15-16-2-1-3-20(32)12-16/h4-7,13-14,16,20,32H,1-3,8-12,15H2/t16-,20-/m0/s1. The fraction of sp³-hybridized carbons (Fsp3) is 0.462. The summed E-state index contributed by atoms with van der Waals surface area (Å²) >= 11 is 1.33. The van der Waals surface area contributed by atoms with E-state index in [9.17, 15) is 22.7 Å². The van der Waals surface area contributed by atoms with Crippen molar-refractivity contribution in [3.05, 3.63) is 64.5 Å². The minimum atomic E-state index is -4.41. The predicted octanol–water partition coefficient (Wildman–Crippen LogP) is 6.76. The lowest BCUT2D eigenvalue weighted by Crippen LogP contribution is -2.37. The number of likely N-dealkylation sites (tertiary alicyclic amines) is 1. The molecule has 2 fully saturated rings. The lowest BCUT2D eigenvalue weighted by Gasteiger charge is -2.36. The summed E-state index contributed by atoms with van der Waals surface area (Å²) in [5.41, 5.74) is 2.76. The van der Waals surface area contributed by atoms with Gasteiger partial charge in [-0.15, -0.1) is 0 Å². The van der Waals surface area contributed by atoms with Gasteiger partial charge in [0.15, 0.2) is 0 Å². The van der Waals surface area contributed by atoms with Crippen LogP contribution in [0.5, 0.6) is 0 Å². The van der Waals surface area contributed by atoms with Crippen LogP contribution in [0.2, 0.25) is 0 Å². The smallest absolute Gasteiger partial charge is 0.393 e. The molecule has 0 unspecified atom stereocenters. The van der Waals surface area contributed by atoms with Crippen molar-refractivity contribution in [2.75, 3.05) is 19.6 Å². The largest absolute Gasteiger partial charge is 0.416 e. The summed E-state index contributed by atoms with van der Waals surface area (Å²) in [6, 6.07) is 8.46. The van der Waals surface area contributed by atoms with Gasteiger partial charge in [-0.1, -0.05) is 29.8 Å². The molecule has 5 rings (SSSR count). The number of piperidine rings is 1. The first kappa shape index (κ1) is 22.9. The van der Waals surface area contributed by atoms with Crippen molar-refractivity contribution in [1.29, 1.82) is 0 Å². The van der Waals surface area contributed by atoms with Crippen molar-refractivity contribution < 1.29 is 22.7 Å². The van der Waals surface area contributed by atoms with Crippen LogP contribution in [-0.4, -0.2) is 35.7 Å². The predicted molar refractivity (Wildman–Crippen MR) is 122 cm³/mol. The van der Waals surface area contributed by atoms with Gasteiger partial charge < -0.3 is 10.0 Å². The Hall–Kier alpha value is -1.83. The fourth-order valence-corrected chi connectivity index (χ4v) is 6.57. The van der Waals surface area contributed by atoms with Crippen molar-refractivity contribution in [1.82, 2.24) is 4.90 Å². The Labute approximate surface area is 195 Å². The Balaban J connectivity index is 1.46. The van der Waals surface area contributed by atoms with E-state index in [1.807, 2.05) is 0 Å². The molecule has 33 heavy (non-hydrogen) atoms. The Kier molecular flexibility index (Phi) is 6.31. The summed E-state index contributed by atoms with van der Waals surface area (Å²) in [7, 11) is 0. The number of nitrogens with zero attached hydrogens (tertiary/aromatic N) is 1. The molecule has 0 bridgehead atoms. The second-order valence-electron chi connectivity index (χ2n) is 9.42. The second kappa shape index (κ2) is 9.08. The molecule has 2 aromatic carbocycles. The van der Waals surface area contributed by atoms with Gasteiger partial charge in [-0.3, -0.25) is 0 Å². The van der Waals surface area contributed by atoms with E-state index in [0.29, 0.717) is 11.5 Å². The highest BCUT2D eigenvalue weighted by atomic mass is 32.2. The number of benzene rings is 2. The van der Waals surface area contributed by atoms with E-state index < -0.39 is 11.7 Å². The Morgan fingerprint density at radius 2 is 1.76 bits per heavy atom. The van der Waals surface area contributed by atoms with Gasteiger partial charge in [0, 0.05) is 29.4 Å². The minimum Gasteiger partial charge on any atom is -0.393 e. The monoisotopic (exact) mass is 477 g/mol. The molecule has 0 aromatic heterocycles. The van der Waals surface area contributed by atoms with E-state index >= 15 is 0 Å². The molecule has 2 nitrogen and oxygen atoms in total. The van der Waals surface area contributed by atoms with Crippen LogP contribution >= 0.6 is 11.8 Å². The van der Waals surface area contributed by atoms with Crippen LogP contribution in [0.3, 0.4) is 0 Å². The zero-order valence-electron chi connectivity index (χ0n) is 18.3. The third-order valence-corrected chi connectivity index (χ3v) is 8.23. The van der Waals surface area contributed by atoms with Crippen molar-refractivity contribution in [3.63, 3.8) is 0 Å². The van der Waals surface area contributed by atoms with E-state index in [-0.39, 0.29) is 11.9 Å². The molecule has 1 N–H and O–H groups in total. The zero-order chi connectivity index (χ0) is 23.2. The number of hydrogen-bond donors (Lipinski definition) is 1. The van der Waals surface area contributed by atoms with E-state index in [4.69, 9.17) is 0 Å². The third kappa shape index (κ3) is 4.86. The molecule has 2 heterocycles. The summed E-state index contributed by atoms with van der Waals surface area (Å²) in [6.07, 6.45) is 0.917. The van der Waals surface area contributed by atoms with E-state index in [1.165, 1.54) is 36.0 Å². The Morgan fingerprint density at radius 3 is 2.48 bits per heavy atom.